The largest absolute Gasteiger partial charge is 0.496 e. The fourth-order valence-electron chi connectivity index (χ4n) is 5.76. The molecule has 0 radical (unpaired) electrons. The molecular formula is C34H34Cl2N4O4. The van der Waals surface area contributed by atoms with E-state index in [0.29, 0.717) is 73.4 Å². The Balaban J connectivity index is 1.33. The predicted molar refractivity (Wildman–Crippen MR) is 172 cm³/mol. The van der Waals surface area contributed by atoms with Gasteiger partial charge in [0.25, 0.3) is 0 Å². The molecule has 228 valence electrons. The molecule has 44 heavy (non-hydrogen) atoms. The molecule has 0 aliphatic carbocycles. The second-order valence-corrected chi connectivity index (χ2v) is 11.9. The van der Waals surface area contributed by atoms with E-state index in [0.717, 1.165) is 22.4 Å². The number of halogens is 2. The van der Waals surface area contributed by atoms with Gasteiger partial charge in [0.05, 0.1) is 23.8 Å². The molecule has 2 heterocycles. The zero-order chi connectivity index (χ0) is 31.1. The van der Waals surface area contributed by atoms with Crippen molar-refractivity contribution in [2.45, 2.75) is 38.6 Å². The Hall–Kier alpha value is -4.14. The van der Waals surface area contributed by atoms with Crippen LogP contribution in [0.2, 0.25) is 10.0 Å². The number of para-hydroxylation sites is 1. The van der Waals surface area contributed by atoms with Crippen LogP contribution in [0.3, 0.4) is 0 Å². The van der Waals surface area contributed by atoms with Crippen molar-refractivity contribution in [3.05, 3.63) is 117 Å². The normalized spacial score (nSPS) is 14.2. The van der Waals surface area contributed by atoms with Gasteiger partial charge >= 0.3 is 5.97 Å². The molecule has 10 heteroatoms. The van der Waals surface area contributed by atoms with Crippen LogP contribution in [0.4, 0.5) is 5.95 Å². The van der Waals surface area contributed by atoms with Crippen molar-refractivity contribution in [1.29, 1.82) is 0 Å². The van der Waals surface area contributed by atoms with Gasteiger partial charge in [-0.3, -0.25) is 4.79 Å². The monoisotopic (exact) mass is 632 g/mol. The van der Waals surface area contributed by atoms with Crippen LogP contribution in [0.25, 0.3) is 0 Å². The highest BCUT2D eigenvalue weighted by molar-refractivity contribution is 6.34. The van der Waals surface area contributed by atoms with Gasteiger partial charge in [-0.25, -0.2) is 14.8 Å². The number of nitrogens with one attached hydrogen (secondary N) is 1. The van der Waals surface area contributed by atoms with E-state index in [1.165, 1.54) is 6.20 Å². The Morgan fingerprint density at radius 2 is 1.64 bits per heavy atom. The molecule has 0 spiro atoms. The minimum Gasteiger partial charge on any atom is -0.496 e. The van der Waals surface area contributed by atoms with Gasteiger partial charge < -0.3 is 20.1 Å². The van der Waals surface area contributed by atoms with Crippen LogP contribution < -0.4 is 15.0 Å². The summed E-state index contributed by atoms with van der Waals surface area (Å²) in [5.41, 5.74) is 2.77. The highest BCUT2D eigenvalue weighted by atomic mass is 35.5. The number of nitrogens with zero attached hydrogens (tertiary/aromatic N) is 3. The van der Waals surface area contributed by atoms with Crippen molar-refractivity contribution in [3.63, 3.8) is 0 Å². The number of aromatic nitrogens is 2. The number of hydrogen-bond donors (Lipinski definition) is 2. The number of rotatable bonds is 11. The summed E-state index contributed by atoms with van der Waals surface area (Å²) in [6.45, 7) is 1.46. The topological polar surface area (TPSA) is 105 Å². The number of benzene rings is 3. The minimum atomic E-state index is -1.08. The summed E-state index contributed by atoms with van der Waals surface area (Å²) in [6, 6.07) is 23.0. The molecular weight excluding hydrogens is 599 g/mol. The first-order chi connectivity index (χ1) is 21.3. The van der Waals surface area contributed by atoms with Crippen molar-refractivity contribution in [2.24, 2.45) is 5.41 Å². The highest BCUT2D eigenvalue weighted by Gasteiger charge is 2.42. The first kappa shape index (κ1) is 31.3. The van der Waals surface area contributed by atoms with Crippen LogP contribution in [0.15, 0.2) is 79.0 Å². The Labute approximate surface area is 267 Å². The number of carboxylic acid groups (broad SMARTS) is 1. The van der Waals surface area contributed by atoms with Crippen LogP contribution in [-0.4, -0.2) is 47.2 Å². The van der Waals surface area contributed by atoms with Crippen LogP contribution in [-0.2, 0) is 30.6 Å². The fourth-order valence-corrected chi connectivity index (χ4v) is 6.33. The number of piperidine rings is 1. The zero-order valence-corrected chi connectivity index (χ0v) is 25.9. The number of aromatic carboxylic acids is 1. The molecule has 2 N–H and O–H groups in total. The van der Waals surface area contributed by atoms with E-state index in [1.807, 2.05) is 59.5 Å². The molecule has 8 nitrogen and oxygen atoms in total. The molecule has 3 aromatic carbocycles. The van der Waals surface area contributed by atoms with Gasteiger partial charge in [0.1, 0.15) is 5.75 Å². The maximum absolute atomic E-state index is 13.9. The van der Waals surface area contributed by atoms with E-state index < -0.39 is 11.4 Å². The smallest absolute Gasteiger partial charge is 0.339 e. The Bertz CT molecular complexity index is 1600. The molecule has 0 saturated carbocycles. The molecule has 0 atom stereocenters. The maximum Gasteiger partial charge on any atom is 0.339 e. The Morgan fingerprint density at radius 3 is 2.32 bits per heavy atom. The third-order valence-electron chi connectivity index (χ3n) is 8.16. The van der Waals surface area contributed by atoms with Gasteiger partial charge in [0.2, 0.25) is 11.9 Å². The zero-order valence-electron chi connectivity index (χ0n) is 24.4. The first-order valence-electron chi connectivity index (χ1n) is 14.5. The molecule has 1 aliphatic heterocycles. The quantitative estimate of drug-likeness (QED) is 0.196. The number of methoxy groups -OCH3 is 1. The third-order valence-corrected chi connectivity index (χ3v) is 8.60. The summed E-state index contributed by atoms with van der Waals surface area (Å²) in [7, 11) is 1.62. The fraction of sp³-hybridized carbons (Fsp3) is 0.294. The van der Waals surface area contributed by atoms with Crippen molar-refractivity contribution in [2.75, 3.05) is 25.1 Å². The van der Waals surface area contributed by atoms with Crippen LogP contribution in [0.1, 0.15) is 45.6 Å². The van der Waals surface area contributed by atoms with E-state index in [9.17, 15) is 14.7 Å². The molecule has 1 aliphatic rings. The maximum atomic E-state index is 13.9. The lowest BCUT2D eigenvalue weighted by Crippen LogP contribution is -2.50. The first-order valence-corrected chi connectivity index (χ1v) is 15.3. The standard InChI is InChI=1S/C34H34Cl2N4O4/c1-44-30-10-6-5-9-25(30)21-37-32(43)34(20-23-7-3-2-4-8-23)13-15-40(16-14-34)33-38-22-28(31(41)42)29(39-33)12-11-24-17-26(35)19-27(36)18-24/h2-10,17-19,22H,11-16,20-21H2,1H3,(H,37,43)(H,41,42). The van der Waals surface area contributed by atoms with Crippen molar-refractivity contribution in [1.82, 2.24) is 15.3 Å². The number of aryl methyl sites for hydroxylation is 2. The van der Waals surface area contributed by atoms with Gasteiger partial charge in [-0.15, -0.1) is 0 Å². The van der Waals surface area contributed by atoms with E-state index in [2.05, 4.69) is 22.4 Å². The molecule has 1 saturated heterocycles. The summed E-state index contributed by atoms with van der Waals surface area (Å²) in [6.07, 6.45) is 4.04. The molecule has 0 bridgehead atoms. The lowest BCUT2D eigenvalue weighted by Gasteiger charge is -2.41. The Kier molecular flexibility index (Phi) is 10.0. The second kappa shape index (κ2) is 14.1. The minimum absolute atomic E-state index is 0.00470. The number of anilines is 1. The number of carboxylic acids is 1. The van der Waals surface area contributed by atoms with Gasteiger partial charge in [-0.05, 0) is 67.5 Å². The molecule has 5 rings (SSSR count). The highest BCUT2D eigenvalue weighted by Crippen LogP contribution is 2.37. The van der Waals surface area contributed by atoms with Crippen LogP contribution in [0, 0.1) is 5.41 Å². The summed E-state index contributed by atoms with van der Waals surface area (Å²) in [5.74, 6) is 0.102. The lowest BCUT2D eigenvalue weighted by atomic mass is 9.73. The average Bonchev–Trinajstić information content (AvgIpc) is 3.03. The molecule has 1 fully saturated rings. The molecule has 0 unspecified atom stereocenters. The van der Waals surface area contributed by atoms with Gasteiger partial charge in [0.15, 0.2) is 0 Å². The molecule has 1 amide bonds. The second-order valence-electron chi connectivity index (χ2n) is 11.0. The number of hydrogen-bond acceptors (Lipinski definition) is 6. The summed E-state index contributed by atoms with van der Waals surface area (Å²) >= 11 is 12.3. The number of carbonyl (C=O) groups excluding carboxylic acids is 1. The van der Waals surface area contributed by atoms with Gasteiger partial charge in [-0.2, -0.15) is 0 Å². The van der Waals surface area contributed by atoms with Gasteiger partial charge in [0, 0.05) is 41.4 Å². The van der Waals surface area contributed by atoms with Crippen molar-refractivity contribution >= 4 is 41.0 Å². The summed E-state index contributed by atoms with van der Waals surface area (Å²) < 4.78 is 5.47. The molecule has 4 aromatic rings. The van der Waals surface area contributed by atoms with Crippen molar-refractivity contribution < 1.29 is 19.4 Å². The van der Waals surface area contributed by atoms with E-state index in [4.69, 9.17) is 32.9 Å². The summed E-state index contributed by atoms with van der Waals surface area (Å²) in [5, 5.41) is 14.0. The number of ether oxygens (including phenoxy) is 1. The third kappa shape index (κ3) is 7.49. The van der Waals surface area contributed by atoms with Crippen LogP contribution >= 0.6 is 23.2 Å². The van der Waals surface area contributed by atoms with E-state index in [1.54, 1.807) is 13.2 Å². The summed E-state index contributed by atoms with van der Waals surface area (Å²) in [4.78, 5) is 37.0. The van der Waals surface area contributed by atoms with E-state index >= 15 is 0 Å². The Morgan fingerprint density at radius 1 is 0.955 bits per heavy atom. The average molecular weight is 634 g/mol. The number of amides is 1. The SMILES string of the molecule is COc1ccccc1CNC(=O)C1(Cc2ccccc2)CCN(c2ncc(C(=O)O)c(CCc3cc(Cl)cc(Cl)c3)n2)CC1. The lowest BCUT2D eigenvalue weighted by molar-refractivity contribution is -0.132. The predicted octanol–water partition coefficient (Wildman–Crippen LogP) is 6.42. The van der Waals surface area contributed by atoms with Crippen LogP contribution in [0.5, 0.6) is 5.75 Å². The number of carbonyl (C=O) groups is 2. The van der Waals surface area contributed by atoms with Crippen molar-refractivity contribution in [3.8, 4) is 5.75 Å². The molecule has 1 aromatic heterocycles. The van der Waals surface area contributed by atoms with Gasteiger partial charge in [-0.1, -0.05) is 71.7 Å². The van der Waals surface area contributed by atoms with E-state index in [-0.39, 0.29) is 11.5 Å².